The predicted octanol–water partition coefficient (Wildman–Crippen LogP) is 2.22. The normalized spacial score (nSPS) is 14.4. The van der Waals surface area contributed by atoms with Crippen molar-refractivity contribution in [3.63, 3.8) is 0 Å². The van der Waals surface area contributed by atoms with Gasteiger partial charge in [0.1, 0.15) is 0 Å². The summed E-state index contributed by atoms with van der Waals surface area (Å²) in [6.45, 7) is 4.13. The van der Waals surface area contributed by atoms with E-state index in [0.29, 0.717) is 12.5 Å². The molecule has 0 aliphatic rings. The van der Waals surface area contributed by atoms with Crippen molar-refractivity contribution < 1.29 is 9.53 Å². The molecule has 1 aromatic rings. The number of carbonyl (C=O) groups excluding carboxylic acids is 1. The summed E-state index contributed by atoms with van der Waals surface area (Å²) >= 11 is 1.71. The van der Waals surface area contributed by atoms with Gasteiger partial charge in [-0.15, -0.1) is 0 Å². The maximum atomic E-state index is 11.1. The summed E-state index contributed by atoms with van der Waals surface area (Å²) in [6.07, 6.45) is 1.42. The molecular weight excluding hydrogens is 222 g/mol. The Hall–Kier alpha value is -0.870. The average molecular weight is 241 g/mol. The Morgan fingerprint density at radius 2 is 2.25 bits per heavy atom. The van der Waals surface area contributed by atoms with E-state index in [1.807, 2.05) is 6.92 Å². The Bertz CT molecular complexity index is 311. The largest absolute Gasteiger partial charge is 0.469 e. The molecule has 1 rings (SSSR count). The minimum atomic E-state index is -0.164. The lowest BCUT2D eigenvalue weighted by atomic mass is 10.1. The second kappa shape index (κ2) is 6.66. The molecule has 1 aromatic heterocycles. The first kappa shape index (κ1) is 13.2. The summed E-state index contributed by atoms with van der Waals surface area (Å²) < 4.78 is 4.63. The maximum absolute atomic E-state index is 11.1. The molecule has 0 saturated heterocycles. The van der Waals surface area contributed by atoms with Crippen LogP contribution >= 0.6 is 11.3 Å². The van der Waals surface area contributed by atoms with E-state index in [9.17, 15) is 4.79 Å². The van der Waals surface area contributed by atoms with Crippen LogP contribution in [0.2, 0.25) is 0 Å². The lowest BCUT2D eigenvalue weighted by molar-refractivity contribution is -0.141. The van der Waals surface area contributed by atoms with Crippen molar-refractivity contribution in [2.45, 2.75) is 38.8 Å². The lowest BCUT2D eigenvalue weighted by Crippen LogP contribution is -2.37. The maximum Gasteiger partial charge on any atom is 0.307 e. The fourth-order valence-electron chi connectivity index (χ4n) is 1.70. The highest BCUT2D eigenvalue weighted by atomic mass is 32.1. The molecule has 4 heteroatoms. The molecule has 0 saturated carbocycles. The van der Waals surface area contributed by atoms with Crippen LogP contribution < -0.4 is 5.32 Å². The zero-order valence-corrected chi connectivity index (χ0v) is 10.8. The van der Waals surface area contributed by atoms with Crippen LogP contribution in [0.4, 0.5) is 0 Å². The number of hydrogen-bond acceptors (Lipinski definition) is 4. The van der Waals surface area contributed by atoms with E-state index in [1.165, 1.54) is 12.7 Å². The first-order valence-corrected chi connectivity index (χ1v) is 6.40. The number of thiophene rings is 1. The van der Waals surface area contributed by atoms with Crippen molar-refractivity contribution in [3.05, 3.63) is 22.4 Å². The molecule has 90 valence electrons. The molecule has 0 bridgehead atoms. The number of methoxy groups -OCH3 is 1. The number of rotatable bonds is 6. The van der Waals surface area contributed by atoms with Crippen molar-refractivity contribution in [2.75, 3.05) is 7.11 Å². The third kappa shape index (κ3) is 4.77. The van der Waals surface area contributed by atoms with Gasteiger partial charge in [-0.25, -0.2) is 0 Å². The SMILES string of the molecule is COC(=O)CC(C)NC(C)Cc1ccsc1. The van der Waals surface area contributed by atoms with Gasteiger partial charge in [0.25, 0.3) is 0 Å². The van der Waals surface area contributed by atoms with Crippen LogP contribution in [0.1, 0.15) is 25.8 Å². The van der Waals surface area contributed by atoms with Gasteiger partial charge in [-0.2, -0.15) is 11.3 Å². The summed E-state index contributed by atoms with van der Waals surface area (Å²) in [5.74, 6) is -0.164. The van der Waals surface area contributed by atoms with E-state index in [-0.39, 0.29) is 12.0 Å². The van der Waals surface area contributed by atoms with Crippen molar-refractivity contribution in [1.82, 2.24) is 5.32 Å². The van der Waals surface area contributed by atoms with Crippen LogP contribution in [0.15, 0.2) is 16.8 Å². The smallest absolute Gasteiger partial charge is 0.307 e. The Morgan fingerprint density at radius 1 is 1.50 bits per heavy atom. The van der Waals surface area contributed by atoms with E-state index in [2.05, 4.69) is 33.8 Å². The molecule has 0 amide bonds. The summed E-state index contributed by atoms with van der Waals surface area (Å²) in [4.78, 5) is 11.1. The van der Waals surface area contributed by atoms with Crippen molar-refractivity contribution in [3.8, 4) is 0 Å². The van der Waals surface area contributed by atoms with Crippen LogP contribution in [-0.4, -0.2) is 25.2 Å². The van der Waals surface area contributed by atoms with Crippen molar-refractivity contribution in [1.29, 1.82) is 0 Å². The molecule has 0 fully saturated rings. The fraction of sp³-hybridized carbons (Fsp3) is 0.583. The standard InChI is InChI=1S/C12H19NO2S/c1-9(6-11-4-5-16-8-11)13-10(2)7-12(14)15-3/h4-5,8-10,13H,6-7H2,1-3H3. The molecule has 2 atom stereocenters. The molecule has 1 N–H and O–H groups in total. The average Bonchev–Trinajstić information content (AvgIpc) is 2.69. The first-order valence-electron chi connectivity index (χ1n) is 5.45. The quantitative estimate of drug-likeness (QED) is 0.776. The molecule has 1 heterocycles. The molecule has 0 aliphatic carbocycles. The van der Waals surface area contributed by atoms with Crippen LogP contribution in [-0.2, 0) is 16.0 Å². The topological polar surface area (TPSA) is 38.3 Å². The monoisotopic (exact) mass is 241 g/mol. The minimum absolute atomic E-state index is 0.154. The number of carbonyl (C=O) groups is 1. The number of ether oxygens (including phenoxy) is 1. The Morgan fingerprint density at radius 3 is 2.81 bits per heavy atom. The Kier molecular flexibility index (Phi) is 5.49. The van der Waals surface area contributed by atoms with Gasteiger partial charge in [-0.05, 0) is 42.7 Å². The second-order valence-corrected chi connectivity index (χ2v) is 4.86. The van der Waals surface area contributed by atoms with Gasteiger partial charge in [0.2, 0.25) is 0 Å². The van der Waals surface area contributed by atoms with Gasteiger partial charge in [-0.3, -0.25) is 4.79 Å². The number of hydrogen-bond donors (Lipinski definition) is 1. The summed E-state index contributed by atoms with van der Waals surface area (Å²) in [5.41, 5.74) is 1.34. The molecule has 3 nitrogen and oxygen atoms in total. The summed E-state index contributed by atoms with van der Waals surface area (Å²) in [5, 5.41) is 7.63. The zero-order chi connectivity index (χ0) is 12.0. The minimum Gasteiger partial charge on any atom is -0.469 e. The van der Waals surface area contributed by atoms with Gasteiger partial charge >= 0.3 is 5.97 Å². The molecule has 0 spiro atoms. The third-order valence-electron chi connectivity index (χ3n) is 2.39. The highest BCUT2D eigenvalue weighted by Gasteiger charge is 2.12. The van der Waals surface area contributed by atoms with Crippen LogP contribution in [0.25, 0.3) is 0 Å². The molecule has 0 radical (unpaired) electrons. The van der Waals surface area contributed by atoms with Gasteiger partial charge in [0.15, 0.2) is 0 Å². The van der Waals surface area contributed by atoms with E-state index < -0.39 is 0 Å². The Labute approximate surface area is 101 Å². The highest BCUT2D eigenvalue weighted by Crippen LogP contribution is 2.09. The lowest BCUT2D eigenvalue weighted by Gasteiger charge is -2.18. The molecular formula is C12H19NO2S. The molecule has 2 unspecified atom stereocenters. The van der Waals surface area contributed by atoms with E-state index in [4.69, 9.17) is 0 Å². The van der Waals surface area contributed by atoms with E-state index in [1.54, 1.807) is 11.3 Å². The van der Waals surface area contributed by atoms with Crippen LogP contribution in [0, 0.1) is 0 Å². The second-order valence-electron chi connectivity index (χ2n) is 4.08. The van der Waals surface area contributed by atoms with Gasteiger partial charge in [0, 0.05) is 12.1 Å². The van der Waals surface area contributed by atoms with Crippen molar-refractivity contribution >= 4 is 17.3 Å². The molecule has 0 aromatic carbocycles. The molecule has 0 aliphatic heterocycles. The highest BCUT2D eigenvalue weighted by molar-refractivity contribution is 7.07. The van der Waals surface area contributed by atoms with Gasteiger partial charge < -0.3 is 10.1 Å². The zero-order valence-electron chi connectivity index (χ0n) is 10.0. The van der Waals surface area contributed by atoms with E-state index >= 15 is 0 Å². The predicted molar refractivity (Wildman–Crippen MR) is 66.7 cm³/mol. The summed E-state index contributed by atoms with van der Waals surface area (Å²) in [6, 6.07) is 2.66. The van der Waals surface area contributed by atoms with Crippen LogP contribution in [0.5, 0.6) is 0 Å². The third-order valence-corrected chi connectivity index (χ3v) is 3.12. The van der Waals surface area contributed by atoms with Gasteiger partial charge in [0.05, 0.1) is 13.5 Å². The van der Waals surface area contributed by atoms with E-state index in [0.717, 1.165) is 6.42 Å². The number of esters is 1. The van der Waals surface area contributed by atoms with Crippen LogP contribution in [0.3, 0.4) is 0 Å². The fourth-order valence-corrected chi connectivity index (χ4v) is 2.38. The number of nitrogens with one attached hydrogen (secondary N) is 1. The summed E-state index contributed by atoms with van der Waals surface area (Å²) in [7, 11) is 1.42. The van der Waals surface area contributed by atoms with Crippen molar-refractivity contribution in [2.24, 2.45) is 0 Å². The molecule has 16 heavy (non-hydrogen) atoms. The first-order chi connectivity index (χ1) is 7.61. The van der Waals surface area contributed by atoms with Gasteiger partial charge in [-0.1, -0.05) is 0 Å². The Balaban J connectivity index is 2.28.